The molecule has 0 aliphatic carbocycles. The van der Waals surface area contributed by atoms with Gasteiger partial charge in [-0.05, 0) is 121 Å². The van der Waals surface area contributed by atoms with Gasteiger partial charge in [0, 0.05) is 167 Å². The fraction of sp³-hybridized carbons (Fsp3) is 0.210. The predicted octanol–water partition coefficient (Wildman–Crippen LogP) is 14.2. The van der Waals surface area contributed by atoms with Gasteiger partial charge in [0.15, 0.2) is 0 Å². The number of imidazole rings is 5. The van der Waals surface area contributed by atoms with Crippen LogP contribution in [0.5, 0.6) is 0 Å². The molecule has 0 unspecified atom stereocenters. The molecular formula is C62H61Ir4N11OS2-4. The minimum absolute atomic E-state index is 0. The molecule has 0 atom stereocenters. The van der Waals surface area contributed by atoms with Gasteiger partial charge >= 0.3 is 0 Å². The molecule has 9 heterocycles. The Bertz CT molecular complexity index is 3730. The van der Waals surface area contributed by atoms with E-state index in [0.29, 0.717) is 5.76 Å². The molecule has 9 aromatic heterocycles. The summed E-state index contributed by atoms with van der Waals surface area (Å²) in [4.78, 5) is 26.8. The Morgan fingerprint density at radius 1 is 0.463 bits per heavy atom. The van der Waals surface area contributed by atoms with Crippen LogP contribution >= 0.6 is 22.7 Å². The molecule has 0 amide bonds. The normalized spacial score (nSPS) is 10.4. The summed E-state index contributed by atoms with van der Waals surface area (Å²) in [5.41, 5.74) is 16.8. The van der Waals surface area contributed by atoms with Gasteiger partial charge in [-0.2, -0.15) is 24.3 Å². The maximum Gasteiger partial charge on any atom is 0.0725 e. The van der Waals surface area contributed by atoms with E-state index < -0.39 is 0 Å². The zero-order valence-electron chi connectivity index (χ0n) is 46.7. The van der Waals surface area contributed by atoms with E-state index in [9.17, 15) is 0 Å². The molecule has 0 aliphatic heterocycles. The maximum atomic E-state index is 5.32. The third-order valence-corrected chi connectivity index (χ3v) is 15.5. The van der Waals surface area contributed by atoms with Gasteiger partial charge in [0.25, 0.3) is 0 Å². The molecule has 12 aromatic rings. The second kappa shape index (κ2) is 28.8. The van der Waals surface area contributed by atoms with Gasteiger partial charge in [0.1, 0.15) is 0 Å². The van der Waals surface area contributed by atoms with Gasteiger partial charge in [0.2, 0.25) is 0 Å². The molecule has 0 saturated carbocycles. The number of rotatable bonds is 8. The molecule has 18 heteroatoms. The van der Waals surface area contributed by atoms with E-state index in [-0.39, 0.29) is 80.4 Å². The zero-order chi connectivity index (χ0) is 53.8. The number of aryl methyl sites for hydroxylation is 10. The Morgan fingerprint density at radius 3 is 1.45 bits per heavy atom. The van der Waals surface area contributed by atoms with E-state index in [1.165, 1.54) is 64.7 Å². The van der Waals surface area contributed by atoms with Crippen molar-refractivity contribution in [3.63, 3.8) is 0 Å². The van der Waals surface area contributed by atoms with Crippen molar-refractivity contribution >= 4 is 22.7 Å². The van der Waals surface area contributed by atoms with Crippen molar-refractivity contribution in [3.05, 3.63) is 197 Å². The Balaban J connectivity index is 0.000000193. The van der Waals surface area contributed by atoms with E-state index in [0.717, 1.165) is 56.6 Å². The smallest absolute Gasteiger partial charge is 0.0725 e. The minimum Gasteiger partial charge on any atom is -0.544 e. The summed E-state index contributed by atoms with van der Waals surface area (Å²) < 4.78 is 17.6. The number of thiophene rings is 2. The molecule has 3 aromatic carbocycles. The Kier molecular flexibility index (Phi) is 23.4. The summed E-state index contributed by atoms with van der Waals surface area (Å²) >= 11 is 3.51. The van der Waals surface area contributed by atoms with Crippen molar-refractivity contribution in [2.75, 3.05) is 0 Å². The number of hydrogen-bond acceptors (Lipinski definition) is 8. The number of nitrogens with zero attached hydrogens (tertiary/aromatic N) is 11. The summed E-state index contributed by atoms with van der Waals surface area (Å²) in [6.07, 6.45) is 17.8. The van der Waals surface area contributed by atoms with Crippen LogP contribution in [0.15, 0.2) is 139 Å². The first-order valence-electron chi connectivity index (χ1n) is 24.8. The summed E-state index contributed by atoms with van der Waals surface area (Å²) in [6.45, 7) is 15.0. The monoisotopic (exact) mass is 1810 g/mol. The molecule has 0 fully saturated rings. The first kappa shape index (κ1) is 65.1. The van der Waals surface area contributed by atoms with Gasteiger partial charge in [-0.15, -0.1) is 23.5 Å². The molecule has 12 rings (SSSR count). The van der Waals surface area contributed by atoms with Gasteiger partial charge in [-0.3, -0.25) is 19.9 Å². The first-order chi connectivity index (χ1) is 36.6. The third-order valence-electron chi connectivity index (χ3n) is 13.5. The SMILES string of the molecule is Cc1ccc(-c2cnc(-c3[c-]cco3)n2C)s1.Cc1cccc(C)c1-c1c[c-]c(-c2nccn2C)s1.Cc1cccc(C)c1-c1cnc(-c2[c-]ccn2C)n1C.Cc1cccc(C)c1-c1cnc(-c2[c-]ncn2C)n1C.[Ir].[Ir].[Ir].[Ir]. The molecule has 12 nitrogen and oxygen atoms in total. The summed E-state index contributed by atoms with van der Waals surface area (Å²) in [6, 6.07) is 38.7. The Morgan fingerprint density at radius 2 is 0.988 bits per heavy atom. The van der Waals surface area contributed by atoms with Crippen molar-refractivity contribution in [2.45, 2.75) is 48.5 Å². The molecule has 4 radical (unpaired) electrons. The van der Waals surface area contributed by atoms with E-state index in [4.69, 9.17) is 4.42 Å². The van der Waals surface area contributed by atoms with Crippen molar-refractivity contribution in [2.24, 2.45) is 42.3 Å². The molecule has 0 bridgehead atoms. The molecule has 0 N–H and O–H groups in total. The fourth-order valence-corrected chi connectivity index (χ4v) is 11.5. The molecule has 80 heavy (non-hydrogen) atoms. The molecule has 0 spiro atoms. The summed E-state index contributed by atoms with van der Waals surface area (Å²) in [5.74, 6) is 4.27. The van der Waals surface area contributed by atoms with Crippen LogP contribution < -0.4 is 0 Å². The van der Waals surface area contributed by atoms with Gasteiger partial charge in [0.05, 0.1) is 39.4 Å². The Hall–Kier alpha value is -5.73. The minimum atomic E-state index is 0. The number of benzene rings is 3. The third kappa shape index (κ3) is 13.9. The van der Waals surface area contributed by atoms with Crippen molar-refractivity contribution in [1.82, 2.24) is 52.3 Å². The van der Waals surface area contributed by atoms with E-state index in [2.05, 4.69) is 187 Å². The standard InChI is InChI=1S/C17H18N3.C16H17N4.C16H15N2S.C13H11N2OS.4Ir/c1-12-7-5-8-13(2)16(12)15-11-18-17(20(15)4)14-9-6-10-19(14)3;1-11-6-5-7-12(2)15(11)13-9-18-16(20(13)4)14-8-17-10-19(14)3;1-11-5-4-6-12(2)15(11)13-7-8-14(19-13)16-17-9-10-18(16)3;1-9-5-6-12(17-9)10-8-14-13(15(10)2)11-4-3-7-16-11;;;;/h5-8,10-11H,1-4H3;5-7,9-10H,1-4H3;4-7,9-10H,1-3H3;3,5-8H,1-2H3;;;;/q4*-1;;;;. The van der Waals surface area contributed by atoms with Crippen LogP contribution in [-0.4, -0.2) is 52.3 Å². The number of aromatic nitrogens is 11. The summed E-state index contributed by atoms with van der Waals surface area (Å²) in [7, 11) is 12.1. The summed E-state index contributed by atoms with van der Waals surface area (Å²) in [5, 5.41) is 0. The molecular weight excluding hydrogens is 1750 g/mol. The number of hydrogen-bond donors (Lipinski definition) is 0. The van der Waals surface area contributed by atoms with Crippen molar-refractivity contribution in [1.29, 1.82) is 0 Å². The Labute approximate surface area is 531 Å². The molecule has 0 saturated heterocycles. The first-order valence-corrected chi connectivity index (χ1v) is 26.4. The van der Waals surface area contributed by atoms with Crippen molar-refractivity contribution < 1.29 is 84.8 Å². The largest absolute Gasteiger partial charge is 0.544 e. The predicted molar refractivity (Wildman–Crippen MR) is 309 cm³/mol. The van der Waals surface area contributed by atoms with Crippen molar-refractivity contribution in [3.8, 4) is 88.8 Å². The average Bonchev–Trinajstić information content (AvgIpc) is 4.23. The van der Waals surface area contributed by atoms with Gasteiger partial charge < -0.3 is 36.8 Å². The van der Waals surface area contributed by atoms with Crippen LogP contribution in [0, 0.1) is 72.9 Å². The van der Waals surface area contributed by atoms with E-state index in [1.807, 2.05) is 96.8 Å². The van der Waals surface area contributed by atoms with Crippen LogP contribution in [0.4, 0.5) is 0 Å². The molecule has 422 valence electrons. The van der Waals surface area contributed by atoms with E-state index in [1.54, 1.807) is 41.3 Å². The van der Waals surface area contributed by atoms with Crippen LogP contribution in [0.25, 0.3) is 88.8 Å². The van der Waals surface area contributed by atoms with E-state index >= 15 is 0 Å². The van der Waals surface area contributed by atoms with Gasteiger partial charge in [-0.1, -0.05) is 93.4 Å². The number of furan rings is 1. The zero-order valence-corrected chi connectivity index (χ0v) is 57.9. The van der Waals surface area contributed by atoms with Crippen LogP contribution in [0.2, 0.25) is 0 Å². The topological polar surface area (TPSA) is 107 Å². The second-order valence-electron chi connectivity index (χ2n) is 18.9. The second-order valence-corrected chi connectivity index (χ2v) is 21.2. The average molecular weight is 1810 g/mol. The quantitative estimate of drug-likeness (QED) is 0.140. The van der Waals surface area contributed by atoms with Crippen LogP contribution in [0.1, 0.15) is 38.3 Å². The fourth-order valence-electron chi connectivity index (χ4n) is 9.41. The maximum absolute atomic E-state index is 5.32. The van der Waals surface area contributed by atoms with Crippen LogP contribution in [-0.2, 0) is 123 Å². The van der Waals surface area contributed by atoms with Gasteiger partial charge in [-0.25, -0.2) is 11.3 Å². The molecule has 0 aliphatic rings. The van der Waals surface area contributed by atoms with Crippen LogP contribution in [0.3, 0.4) is 0 Å².